The molecule has 0 aliphatic carbocycles. The minimum absolute atomic E-state index is 0.0765. The van der Waals surface area contributed by atoms with Crippen molar-refractivity contribution in [2.24, 2.45) is 0 Å². The van der Waals surface area contributed by atoms with Crippen LogP contribution in [0, 0.1) is 0 Å². The average Bonchev–Trinajstić information content (AvgIpc) is 2.45. The summed E-state index contributed by atoms with van der Waals surface area (Å²) in [5.74, 6) is -0.0765. The Labute approximate surface area is 113 Å². The zero-order valence-electron chi connectivity index (χ0n) is 11.3. The fourth-order valence-corrected chi connectivity index (χ4v) is 2.17. The van der Waals surface area contributed by atoms with Crippen molar-refractivity contribution in [1.29, 1.82) is 0 Å². The highest BCUT2D eigenvalue weighted by atomic mass is 16.5. The predicted octanol–water partition coefficient (Wildman–Crippen LogP) is 0.719. The van der Waals surface area contributed by atoms with Crippen molar-refractivity contribution in [2.75, 3.05) is 38.6 Å². The summed E-state index contributed by atoms with van der Waals surface area (Å²) < 4.78 is 5.32. The summed E-state index contributed by atoms with van der Waals surface area (Å²) in [6.45, 7) is 6.14. The second-order valence-corrected chi connectivity index (χ2v) is 4.83. The molecule has 1 fully saturated rings. The molecular formula is C14H21N3O2. The molecule has 0 bridgehead atoms. The van der Waals surface area contributed by atoms with Gasteiger partial charge in [-0.2, -0.15) is 0 Å². The van der Waals surface area contributed by atoms with Gasteiger partial charge in [-0.3, -0.25) is 9.69 Å². The van der Waals surface area contributed by atoms with Gasteiger partial charge in [0.05, 0.1) is 13.2 Å². The molecule has 5 heteroatoms. The van der Waals surface area contributed by atoms with E-state index < -0.39 is 0 Å². The predicted molar refractivity (Wildman–Crippen MR) is 75.0 cm³/mol. The number of anilines is 1. The van der Waals surface area contributed by atoms with E-state index in [0.29, 0.717) is 23.8 Å². The molecule has 1 aliphatic heterocycles. The van der Waals surface area contributed by atoms with E-state index in [4.69, 9.17) is 10.5 Å². The molecule has 0 spiro atoms. The SMILES string of the molecule is CC(CNC(=O)c1cccc(N)c1)N1CCOCC1. The topological polar surface area (TPSA) is 67.6 Å². The van der Waals surface area contributed by atoms with Crippen molar-refractivity contribution >= 4 is 11.6 Å². The normalized spacial score (nSPS) is 17.9. The zero-order valence-corrected chi connectivity index (χ0v) is 11.3. The maximum Gasteiger partial charge on any atom is 0.251 e. The number of ether oxygens (including phenoxy) is 1. The van der Waals surface area contributed by atoms with Gasteiger partial charge in [0, 0.05) is 36.9 Å². The number of nitrogen functional groups attached to an aromatic ring is 1. The molecule has 1 unspecified atom stereocenters. The van der Waals surface area contributed by atoms with E-state index in [0.717, 1.165) is 26.3 Å². The van der Waals surface area contributed by atoms with Crippen LogP contribution in [0.25, 0.3) is 0 Å². The number of benzene rings is 1. The number of carbonyl (C=O) groups is 1. The van der Waals surface area contributed by atoms with Gasteiger partial charge in [0.2, 0.25) is 0 Å². The summed E-state index contributed by atoms with van der Waals surface area (Å²) in [4.78, 5) is 14.3. The lowest BCUT2D eigenvalue weighted by molar-refractivity contribution is 0.0204. The molecule has 3 N–H and O–H groups in total. The van der Waals surface area contributed by atoms with Crippen LogP contribution in [0.15, 0.2) is 24.3 Å². The third-order valence-corrected chi connectivity index (χ3v) is 3.38. The quantitative estimate of drug-likeness (QED) is 0.786. The van der Waals surface area contributed by atoms with E-state index in [2.05, 4.69) is 17.1 Å². The number of nitrogens with zero attached hydrogens (tertiary/aromatic N) is 1. The smallest absolute Gasteiger partial charge is 0.251 e. The van der Waals surface area contributed by atoms with Gasteiger partial charge in [0.15, 0.2) is 0 Å². The monoisotopic (exact) mass is 263 g/mol. The summed E-state index contributed by atoms with van der Waals surface area (Å²) >= 11 is 0. The van der Waals surface area contributed by atoms with Crippen LogP contribution in [-0.2, 0) is 4.74 Å². The first kappa shape index (κ1) is 13.8. The van der Waals surface area contributed by atoms with Gasteiger partial charge in [-0.1, -0.05) is 6.07 Å². The Morgan fingerprint density at radius 3 is 2.89 bits per heavy atom. The van der Waals surface area contributed by atoms with E-state index in [1.807, 2.05) is 0 Å². The molecule has 1 saturated heterocycles. The first-order valence-corrected chi connectivity index (χ1v) is 6.62. The van der Waals surface area contributed by atoms with Crippen LogP contribution in [0.3, 0.4) is 0 Å². The Hall–Kier alpha value is -1.59. The van der Waals surface area contributed by atoms with Crippen molar-refractivity contribution in [2.45, 2.75) is 13.0 Å². The number of nitrogens with one attached hydrogen (secondary N) is 1. The van der Waals surface area contributed by atoms with Crippen LogP contribution < -0.4 is 11.1 Å². The van der Waals surface area contributed by atoms with Gasteiger partial charge < -0.3 is 15.8 Å². The molecule has 0 saturated carbocycles. The first-order valence-electron chi connectivity index (χ1n) is 6.62. The molecule has 1 aromatic rings. The first-order chi connectivity index (χ1) is 9.16. The minimum Gasteiger partial charge on any atom is -0.399 e. The third-order valence-electron chi connectivity index (χ3n) is 3.38. The Morgan fingerprint density at radius 2 is 2.21 bits per heavy atom. The lowest BCUT2D eigenvalue weighted by Crippen LogP contribution is -2.47. The molecule has 1 aliphatic rings. The molecule has 1 heterocycles. The number of carbonyl (C=O) groups excluding carboxylic acids is 1. The van der Waals surface area contributed by atoms with Gasteiger partial charge in [-0.25, -0.2) is 0 Å². The van der Waals surface area contributed by atoms with Gasteiger partial charge >= 0.3 is 0 Å². The van der Waals surface area contributed by atoms with E-state index in [1.165, 1.54) is 0 Å². The highest BCUT2D eigenvalue weighted by Crippen LogP contribution is 2.07. The van der Waals surface area contributed by atoms with Crippen LogP contribution >= 0.6 is 0 Å². The van der Waals surface area contributed by atoms with Crippen molar-refractivity contribution in [3.8, 4) is 0 Å². The summed E-state index contributed by atoms with van der Waals surface area (Å²) in [5.41, 5.74) is 6.88. The van der Waals surface area contributed by atoms with Crippen LogP contribution in [-0.4, -0.2) is 49.7 Å². The second kappa shape index (κ2) is 6.54. The Kier molecular flexibility index (Phi) is 4.76. The number of rotatable bonds is 4. The van der Waals surface area contributed by atoms with Gasteiger partial charge in [0.1, 0.15) is 0 Å². The Balaban J connectivity index is 1.82. The van der Waals surface area contributed by atoms with Crippen LogP contribution in [0.5, 0.6) is 0 Å². The molecule has 5 nitrogen and oxygen atoms in total. The van der Waals surface area contributed by atoms with Crippen LogP contribution in [0.2, 0.25) is 0 Å². The summed E-state index contributed by atoms with van der Waals surface area (Å²) in [6, 6.07) is 7.33. The van der Waals surface area contributed by atoms with Crippen molar-refractivity contribution in [3.05, 3.63) is 29.8 Å². The van der Waals surface area contributed by atoms with Gasteiger partial charge in [0.25, 0.3) is 5.91 Å². The van der Waals surface area contributed by atoms with Crippen molar-refractivity contribution < 1.29 is 9.53 Å². The average molecular weight is 263 g/mol. The summed E-state index contributed by atoms with van der Waals surface area (Å²) in [6.07, 6.45) is 0. The lowest BCUT2D eigenvalue weighted by Gasteiger charge is -2.32. The molecule has 19 heavy (non-hydrogen) atoms. The van der Waals surface area contributed by atoms with Crippen molar-refractivity contribution in [1.82, 2.24) is 10.2 Å². The minimum atomic E-state index is -0.0765. The summed E-state index contributed by atoms with van der Waals surface area (Å²) in [5, 5.41) is 2.95. The number of hydrogen-bond donors (Lipinski definition) is 2. The summed E-state index contributed by atoms with van der Waals surface area (Å²) in [7, 11) is 0. The molecule has 0 aromatic heterocycles. The molecule has 2 rings (SSSR count). The fraction of sp³-hybridized carbons (Fsp3) is 0.500. The molecule has 1 aromatic carbocycles. The largest absolute Gasteiger partial charge is 0.399 e. The molecule has 1 atom stereocenters. The van der Waals surface area contributed by atoms with Gasteiger partial charge in [-0.15, -0.1) is 0 Å². The van der Waals surface area contributed by atoms with Crippen LogP contribution in [0.4, 0.5) is 5.69 Å². The number of hydrogen-bond acceptors (Lipinski definition) is 4. The van der Waals surface area contributed by atoms with Gasteiger partial charge in [-0.05, 0) is 25.1 Å². The van der Waals surface area contributed by atoms with Crippen molar-refractivity contribution in [3.63, 3.8) is 0 Å². The standard InChI is InChI=1S/C14H21N3O2/c1-11(17-5-7-19-8-6-17)10-16-14(18)12-3-2-4-13(15)9-12/h2-4,9,11H,5-8,10,15H2,1H3,(H,16,18). The maximum absolute atomic E-state index is 12.0. The molecule has 0 radical (unpaired) electrons. The number of nitrogens with two attached hydrogens (primary N) is 1. The molecular weight excluding hydrogens is 242 g/mol. The van der Waals surface area contributed by atoms with E-state index in [9.17, 15) is 4.79 Å². The zero-order chi connectivity index (χ0) is 13.7. The number of morpholine rings is 1. The van der Waals surface area contributed by atoms with E-state index in [1.54, 1.807) is 24.3 Å². The van der Waals surface area contributed by atoms with Crippen LogP contribution in [0.1, 0.15) is 17.3 Å². The molecule has 1 amide bonds. The Morgan fingerprint density at radius 1 is 1.47 bits per heavy atom. The second-order valence-electron chi connectivity index (χ2n) is 4.83. The third kappa shape index (κ3) is 3.94. The lowest BCUT2D eigenvalue weighted by atomic mass is 10.2. The number of amides is 1. The van der Waals surface area contributed by atoms with E-state index >= 15 is 0 Å². The Bertz CT molecular complexity index is 430. The maximum atomic E-state index is 12.0. The fourth-order valence-electron chi connectivity index (χ4n) is 2.17. The highest BCUT2D eigenvalue weighted by molar-refractivity contribution is 5.94. The van der Waals surface area contributed by atoms with E-state index in [-0.39, 0.29) is 5.91 Å². The highest BCUT2D eigenvalue weighted by Gasteiger charge is 2.17. The molecule has 104 valence electrons.